The monoisotopic (exact) mass is 211 g/mol. The molecule has 0 rings (SSSR count). The maximum absolute atomic E-state index is 8.91. The highest BCUT2D eigenvalue weighted by molar-refractivity contribution is 6.44. The van der Waals surface area contributed by atoms with Gasteiger partial charge in [0.2, 0.25) is 0 Å². The second-order valence-corrected chi connectivity index (χ2v) is 4.29. The standard InChI is InChI=1S/C7H18N.H3O4Si/c1-5-8(4,6-2)7-3;1-5(2,3)4/h5-7H2,1-4H3;1-3H/q+1;-1. The zero-order valence-corrected chi connectivity index (χ0v) is 9.82. The van der Waals surface area contributed by atoms with E-state index in [0.29, 0.717) is 0 Å². The van der Waals surface area contributed by atoms with E-state index < -0.39 is 9.05 Å². The molecule has 5 nitrogen and oxygen atoms in total. The summed E-state index contributed by atoms with van der Waals surface area (Å²) in [6, 6.07) is 0. The van der Waals surface area contributed by atoms with Gasteiger partial charge >= 0.3 is 9.05 Å². The molecule has 0 bridgehead atoms. The maximum atomic E-state index is 8.91. The molecule has 0 saturated carbocycles. The summed E-state index contributed by atoms with van der Waals surface area (Å²) in [6.45, 7) is 10.5. The van der Waals surface area contributed by atoms with Crippen molar-refractivity contribution in [2.75, 3.05) is 26.7 Å². The van der Waals surface area contributed by atoms with Gasteiger partial charge in [0.15, 0.2) is 0 Å². The molecule has 3 N–H and O–H groups in total. The Balaban J connectivity index is 0. The molecule has 0 aliphatic heterocycles. The van der Waals surface area contributed by atoms with E-state index in [1.807, 2.05) is 0 Å². The van der Waals surface area contributed by atoms with Crippen molar-refractivity contribution in [2.24, 2.45) is 0 Å². The van der Waals surface area contributed by atoms with Crippen molar-refractivity contribution in [2.45, 2.75) is 20.8 Å². The zero-order chi connectivity index (χ0) is 11.1. The summed E-state index contributed by atoms with van der Waals surface area (Å²) in [5.74, 6) is 0. The van der Waals surface area contributed by atoms with E-state index >= 15 is 0 Å². The molecule has 13 heavy (non-hydrogen) atoms. The Kier molecular flexibility index (Phi) is 7.71. The first kappa shape index (κ1) is 15.5. The van der Waals surface area contributed by atoms with E-state index in [1.165, 1.54) is 24.1 Å². The minimum absolute atomic E-state index is 1.21. The summed E-state index contributed by atoms with van der Waals surface area (Å²) >= 11 is 0. The number of nitrogens with zero attached hydrogens (tertiary/aromatic N) is 1. The molecule has 0 amide bonds. The maximum Gasteiger partial charge on any atom is 0.404 e. The van der Waals surface area contributed by atoms with Gasteiger partial charge in [-0.3, -0.25) is 0 Å². The first-order valence-corrected chi connectivity index (χ1v) is 6.14. The third-order valence-corrected chi connectivity index (χ3v) is 2.29. The van der Waals surface area contributed by atoms with Gasteiger partial charge in [0.05, 0.1) is 26.7 Å². The van der Waals surface area contributed by atoms with Crippen molar-refractivity contribution < 1.29 is 23.7 Å². The smallest absolute Gasteiger partial charge is 0.404 e. The minimum Gasteiger partial charge on any atom is -0.794 e. The average molecular weight is 211 g/mol. The summed E-state index contributed by atoms with van der Waals surface area (Å²) in [6.07, 6.45) is 0. The first-order chi connectivity index (χ1) is 5.68. The van der Waals surface area contributed by atoms with Gasteiger partial charge in [-0.1, -0.05) is 0 Å². The van der Waals surface area contributed by atoms with E-state index in [9.17, 15) is 0 Å². The molecule has 0 fully saturated rings. The fourth-order valence-electron chi connectivity index (χ4n) is 0.671. The van der Waals surface area contributed by atoms with Crippen molar-refractivity contribution in [1.82, 2.24) is 0 Å². The SMILES string of the molecule is CC[N+](C)(CC)CC.[O-][Si](O)(O)O. The predicted octanol–water partition coefficient (Wildman–Crippen LogP) is -1.75. The fraction of sp³-hybridized carbons (Fsp3) is 1.00. The average Bonchev–Trinajstić information content (AvgIpc) is 2.00. The Morgan fingerprint density at radius 2 is 1.15 bits per heavy atom. The molecule has 0 aromatic heterocycles. The molecule has 0 saturated heterocycles. The van der Waals surface area contributed by atoms with Crippen LogP contribution in [0.3, 0.4) is 0 Å². The third-order valence-electron chi connectivity index (χ3n) is 2.29. The lowest BCUT2D eigenvalue weighted by Crippen LogP contribution is -2.50. The fourth-order valence-corrected chi connectivity index (χ4v) is 0.671. The van der Waals surface area contributed by atoms with Gasteiger partial charge in [0.25, 0.3) is 0 Å². The highest BCUT2D eigenvalue weighted by Crippen LogP contribution is 1.97. The highest BCUT2D eigenvalue weighted by atomic mass is 28.4. The molecule has 0 aliphatic rings. The molecule has 0 aromatic rings. The molecular weight excluding hydrogens is 190 g/mol. The molecule has 0 spiro atoms. The van der Waals surface area contributed by atoms with Gasteiger partial charge < -0.3 is 23.7 Å². The normalized spacial score (nSPS) is 12.0. The number of quaternary nitrogens is 1. The summed E-state index contributed by atoms with van der Waals surface area (Å²) in [4.78, 5) is 30.6. The quantitative estimate of drug-likeness (QED) is 0.382. The van der Waals surface area contributed by atoms with Crippen LogP contribution in [0, 0.1) is 0 Å². The Bertz CT molecular complexity index is 108. The summed E-state index contributed by atoms with van der Waals surface area (Å²) in [5, 5.41) is 0. The molecule has 0 atom stereocenters. The zero-order valence-electron chi connectivity index (χ0n) is 8.82. The van der Waals surface area contributed by atoms with E-state index in [2.05, 4.69) is 27.8 Å². The highest BCUT2D eigenvalue weighted by Gasteiger charge is 2.10. The minimum atomic E-state index is -4.86. The largest absolute Gasteiger partial charge is 0.794 e. The third kappa shape index (κ3) is 14.8. The lowest BCUT2D eigenvalue weighted by atomic mass is 10.4. The molecule has 0 aromatic carbocycles. The van der Waals surface area contributed by atoms with Crippen LogP contribution in [0.4, 0.5) is 0 Å². The van der Waals surface area contributed by atoms with E-state index in [1.54, 1.807) is 0 Å². The van der Waals surface area contributed by atoms with Gasteiger partial charge in [-0.15, -0.1) is 0 Å². The van der Waals surface area contributed by atoms with Crippen molar-refractivity contribution in [3.05, 3.63) is 0 Å². The van der Waals surface area contributed by atoms with Crippen LogP contribution in [0.2, 0.25) is 0 Å². The topological polar surface area (TPSA) is 83.8 Å². The van der Waals surface area contributed by atoms with Gasteiger partial charge in [0.1, 0.15) is 0 Å². The molecule has 82 valence electrons. The second-order valence-electron chi connectivity index (χ2n) is 3.14. The van der Waals surface area contributed by atoms with Crippen LogP contribution in [0.1, 0.15) is 20.8 Å². The Hall–Kier alpha value is 0.0169. The summed E-state index contributed by atoms with van der Waals surface area (Å²) in [7, 11) is -2.57. The van der Waals surface area contributed by atoms with Crippen molar-refractivity contribution in [3.8, 4) is 0 Å². The first-order valence-electron chi connectivity index (χ1n) is 4.39. The van der Waals surface area contributed by atoms with E-state index in [-0.39, 0.29) is 0 Å². The van der Waals surface area contributed by atoms with Crippen molar-refractivity contribution in [1.29, 1.82) is 0 Å². The van der Waals surface area contributed by atoms with E-state index in [4.69, 9.17) is 19.2 Å². The molecule has 6 heteroatoms. The second kappa shape index (κ2) is 6.47. The van der Waals surface area contributed by atoms with Crippen molar-refractivity contribution >= 4 is 9.05 Å². The number of hydrogen-bond acceptors (Lipinski definition) is 4. The van der Waals surface area contributed by atoms with Gasteiger partial charge in [-0.25, -0.2) is 0 Å². The van der Waals surface area contributed by atoms with Crippen LogP contribution in [0.5, 0.6) is 0 Å². The van der Waals surface area contributed by atoms with Gasteiger partial charge in [-0.05, 0) is 20.8 Å². The summed E-state index contributed by atoms with van der Waals surface area (Å²) in [5.41, 5.74) is 0. The molecule has 0 heterocycles. The van der Waals surface area contributed by atoms with Gasteiger partial charge in [-0.2, -0.15) is 0 Å². The molecule has 0 radical (unpaired) electrons. The number of rotatable bonds is 3. The Morgan fingerprint density at radius 1 is 1.00 bits per heavy atom. The predicted molar refractivity (Wildman–Crippen MR) is 50.2 cm³/mol. The molecular formula is C7H21NO4Si. The Morgan fingerprint density at radius 3 is 1.15 bits per heavy atom. The van der Waals surface area contributed by atoms with Crippen LogP contribution in [-0.2, 0) is 0 Å². The van der Waals surface area contributed by atoms with Crippen LogP contribution in [0.15, 0.2) is 0 Å². The molecule has 0 aliphatic carbocycles. The van der Waals surface area contributed by atoms with Crippen LogP contribution in [0.25, 0.3) is 0 Å². The van der Waals surface area contributed by atoms with E-state index in [0.717, 1.165) is 0 Å². The van der Waals surface area contributed by atoms with Crippen LogP contribution in [-0.4, -0.2) is 54.6 Å². The lowest BCUT2D eigenvalue weighted by molar-refractivity contribution is -0.904. The van der Waals surface area contributed by atoms with Crippen molar-refractivity contribution in [3.63, 3.8) is 0 Å². The number of hydrogen-bond donors (Lipinski definition) is 3. The Labute approximate surface area is 81.0 Å². The van der Waals surface area contributed by atoms with Gasteiger partial charge in [0, 0.05) is 0 Å². The summed E-state index contributed by atoms with van der Waals surface area (Å²) < 4.78 is 1.21. The lowest BCUT2D eigenvalue weighted by Gasteiger charge is -2.30. The van der Waals surface area contributed by atoms with Crippen LogP contribution >= 0.6 is 0 Å². The van der Waals surface area contributed by atoms with Crippen LogP contribution < -0.4 is 4.80 Å². The molecule has 0 unspecified atom stereocenters.